The zero-order valence-corrected chi connectivity index (χ0v) is 19.9. The van der Waals surface area contributed by atoms with Crippen LogP contribution < -0.4 is 5.32 Å². The predicted molar refractivity (Wildman–Crippen MR) is 126 cm³/mol. The molecule has 1 aliphatic heterocycles. The molecule has 3 aromatic heterocycles. The number of carbonyl (C=O) groups is 1. The molecule has 10 nitrogen and oxygen atoms in total. The SMILES string of the molecule is COC[C@H]1Cc2cn(-c3nc(Nc4ccnn4C)ncc3C)nc2C(=O)N1Cc1ccc(F)c(F)c1. The van der Waals surface area contributed by atoms with Gasteiger partial charge in [-0.1, -0.05) is 6.07 Å². The van der Waals surface area contributed by atoms with Crippen molar-refractivity contribution in [2.24, 2.45) is 7.05 Å². The van der Waals surface area contributed by atoms with Crippen LogP contribution in [0.4, 0.5) is 20.5 Å². The highest BCUT2D eigenvalue weighted by Gasteiger charge is 2.35. The highest BCUT2D eigenvalue weighted by atomic mass is 19.2. The quantitative estimate of drug-likeness (QED) is 0.421. The Morgan fingerprint density at radius 1 is 1.22 bits per heavy atom. The number of hydrogen-bond donors (Lipinski definition) is 1. The van der Waals surface area contributed by atoms with Crippen molar-refractivity contribution in [1.29, 1.82) is 0 Å². The minimum atomic E-state index is -0.958. The number of halogens is 2. The van der Waals surface area contributed by atoms with Crippen molar-refractivity contribution in [3.05, 3.63) is 76.9 Å². The summed E-state index contributed by atoms with van der Waals surface area (Å²) in [7, 11) is 3.35. The number of carbonyl (C=O) groups excluding carboxylic acids is 1. The largest absolute Gasteiger partial charge is 0.383 e. The summed E-state index contributed by atoms with van der Waals surface area (Å²) in [6.45, 7) is 2.24. The van der Waals surface area contributed by atoms with Crippen LogP contribution in [0.5, 0.6) is 0 Å². The number of methoxy groups -OCH3 is 1. The van der Waals surface area contributed by atoms with Crippen LogP contribution in [0.1, 0.15) is 27.2 Å². The van der Waals surface area contributed by atoms with Crippen molar-refractivity contribution in [2.45, 2.75) is 25.9 Å². The minimum Gasteiger partial charge on any atom is -0.383 e. The molecule has 0 fully saturated rings. The van der Waals surface area contributed by atoms with Crippen LogP contribution in [0, 0.1) is 18.6 Å². The zero-order valence-electron chi connectivity index (χ0n) is 19.9. The Balaban J connectivity index is 1.46. The zero-order chi connectivity index (χ0) is 25.4. The fourth-order valence-electron chi connectivity index (χ4n) is 4.23. The first-order chi connectivity index (χ1) is 17.3. The standard InChI is InChI=1S/C24H24F2N8O2/c1-14-10-27-24(29-20-6-7-28-32(20)2)30-22(14)34-12-16-9-17(13-36-3)33(23(35)21(16)31-34)11-15-4-5-18(25)19(26)8-15/h4-8,10,12,17H,9,11,13H2,1-3H3,(H,27,29,30)/t17-/m1/s1. The van der Waals surface area contributed by atoms with Gasteiger partial charge in [-0.2, -0.15) is 15.2 Å². The van der Waals surface area contributed by atoms with E-state index in [9.17, 15) is 13.6 Å². The molecular weight excluding hydrogens is 470 g/mol. The van der Waals surface area contributed by atoms with E-state index >= 15 is 0 Å². The van der Waals surface area contributed by atoms with Gasteiger partial charge >= 0.3 is 0 Å². The maximum absolute atomic E-state index is 13.8. The number of aromatic nitrogens is 6. The van der Waals surface area contributed by atoms with Crippen LogP contribution in [0.2, 0.25) is 0 Å². The molecule has 0 unspecified atom stereocenters. The van der Waals surface area contributed by atoms with Gasteiger partial charge < -0.3 is 15.0 Å². The average molecular weight is 495 g/mol. The summed E-state index contributed by atoms with van der Waals surface area (Å²) in [6.07, 6.45) is 5.61. The van der Waals surface area contributed by atoms with Crippen molar-refractivity contribution in [3.8, 4) is 5.82 Å². The van der Waals surface area contributed by atoms with Gasteiger partial charge in [0, 0.05) is 50.3 Å². The molecule has 0 aliphatic carbocycles. The van der Waals surface area contributed by atoms with Crippen molar-refractivity contribution in [3.63, 3.8) is 0 Å². The Morgan fingerprint density at radius 3 is 2.78 bits per heavy atom. The van der Waals surface area contributed by atoms with Crippen molar-refractivity contribution in [1.82, 2.24) is 34.4 Å². The van der Waals surface area contributed by atoms with Crippen molar-refractivity contribution < 1.29 is 18.3 Å². The third-order valence-corrected chi connectivity index (χ3v) is 6.07. The molecule has 4 aromatic rings. The lowest BCUT2D eigenvalue weighted by molar-refractivity contribution is 0.0465. The summed E-state index contributed by atoms with van der Waals surface area (Å²) in [5, 5.41) is 11.8. The molecule has 1 aromatic carbocycles. The molecule has 12 heteroatoms. The Labute approximate surface area is 205 Å². The Hall–Kier alpha value is -4.19. The van der Waals surface area contributed by atoms with Crippen LogP contribution >= 0.6 is 0 Å². The second kappa shape index (κ2) is 9.46. The molecule has 0 radical (unpaired) electrons. The molecule has 1 amide bonds. The van der Waals surface area contributed by atoms with Crippen LogP contribution in [0.15, 0.2) is 42.9 Å². The normalized spacial score (nSPS) is 15.3. The molecule has 0 saturated carbocycles. The molecule has 5 rings (SSSR count). The first-order valence-electron chi connectivity index (χ1n) is 11.3. The summed E-state index contributed by atoms with van der Waals surface area (Å²) in [6, 6.07) is 5.12. The minimum absolute atomic E-state index is 0.0989. The Morgan fingerprint density at radius 2 is 2.06 bits per heavy atom. The molecule has 4 heterocycles. The van der Waals surface area contributed by atoms with Crippen molar-refractivity contribution in [2.75, 3.05) is 19.0 Å². The van der Waals surface area contributed by atoms with E-state index in [2.05, 4.69) is 25.5 Å². The molecule has 0 bridgehead atoms. The maximum Gasteiger partial charge on any atom is 0.275 e. The molecule has 0 saturated heterocycles. The first-order valence-corrected chi connectivity index (χ1v) is 11.3. The lowest BCUT2D eigenvalue weighted by atomic mass is 9.98. The molecule has 36 heavy (non-hydrogen) atoms. The third-order valence-electron chi connectivity index (χ3n) is 6.07. The fraction of sp³-hybridized carbons (Fsp3) is 0.292. The van der Waals surface area contributed by atoms with Gasteiger partial charge in [0.15, 0.2) is 23.1 Å². The lowest BCUT2D eigenvalue weighted by Crippen LogP contribution is -2.47. The number of anilines is 2. The lowest BCUT2D eigenvalue weighted by Gasteiger charge is -2.34. The van der Waals surface area contributed by atoms with E-state index in [1.165, 1.54) is 6.07 Å². The number of nitrogens with zero attached hydrogens (tertiary/aromatic N) is 7. The number of benzene rings is 1. The monoisotopic (exact) mass is 494 g/mol. The van der Waals surface area contributed by atoms with Gasteiger partial charge in [0.2, 0.25) is 5.95 Å². The van der Waals surface area contributed by atoms with Gasteiger partial charge in [-0.3, -0.25) is 9.48 Å². The Bertz CT molecular complexity index is 1430. The van der Waals surface area contributed by atoms with Crippen LogP contribution in [-0.2, 0) is 24.8 Å². The highest BCUT2D eigenvalue weighted by Crippen LogP contribution is 2.27. The third kappa shape index (κ3) is 4.42. The topological polar surface area (TPSA) is 103 Å². The van der Waals surface area contributed by atoms with E-state index in [1.807, 2.05) is 6.92 Å². The van der Waals surface area contributed by atoms with Gasteiger partial charge in [-0.05, 0) is 31.0 Å². The van der Waals surface area contributed by atoms with Crippen LogP contribution in [0.3, 0.4) is 0 Å². The van der Waals surface area contributed by atoms with E-state index in [-0.39, 0.29) is 30.8 Å². The average Bonchev–Trinajstić information content (AvgIpc) is 3.46. The van der Waals surface area contributed by atoms with E-state index in [0.717, 1.165) is 29.1 Å². The number of fused-ring (bicyclic) bond motifs is 1. The molecule has 1 atom stereocenters. The van der Waals surface area contributed by atoms with E-state index in [0.29, 0.717) is 23.8 Å². The van der Waals surface area contributed by atoms with Crippen LogP contribution in [0.25, 0.3) is 5.82 Å². The molecule has 186 valence electrons. The number of ether oxygens (including phenoxy) is 1. The molecule has 1 aliphatic rings. The summed E-state index contributed by atoms with van der Waals surface area (Å²) in [4.78, 5) is 24.0. The molecule has 0 spiro atoms. The van der Waals surface area contributed by atoms with Gasteiger partial charge in [0.25, 0.3) is 5.91 Å². The highest BCUT2D eigenvalue weighted by molar-refractivity contribution is 5.95. The second-order valence-electron chi connectivity index (χ2n) is 8.61. The number of amides is 1. The predicted octanol–water partition coefficient (Wildman–Crippen LogP) is 2.94. The summed E-state index contributed by atoms with van der Waals surface area (Å²) >= 11 is 0. The van der Waals surface area contributed by atoms with Gasteiger partial charge in [-0.15, -0.1) is 0 Å². The van der Waals surface area contributed by atoms with Gasteiger partial charge in [0.05, 0.1) is 18.8 Å². The summed E-state index contributed by atoms with van der Waals surface area (Å²) < 4.78 is 35.7. The number of aryl methyl sites for hydroxylation is 2. The van der Waals surface area contributed by atoms with E-state index < -0.39 is 11.6 Å². The van der Waals surface area contributed by atoms with Crippen LogP contribution in [-0.4, -0.2) is 60.1 Å². The second-order valence-corrected chi connectivity index (χ2v) is 8.61. The smallest absolute Gasteiger partial charge is 0.275 e. The molecular formula is C24H24F2N8O2. The molecule has 1 N–H and O–H groups in total. The van der Waals surface area contributed by atoms with Gasteiger partial charge in [-0.25, -0.2) is 18.4 Å². The maximum atomic E-state index is 13.8. The van der Waals surface area contributed by atoms with E-state index in [4.69, 9.17) is 4.74 Å². The van der Waals surface area contributed by atoms with Crippen molar-refractivity contribution >= 4 is 17.7 Å². The summed E-state index contributed by atoms with van der Waals surface area (Å²) in [5.41, 5.74) is 2.28. The van der Waals surface area contributed by atoms with Gasteiger partial charge in [0.1, 0.15) is 5.82 Å². The first kappa shape index (κ1) is 23.5. The number of rotatable bonds is 7. The number of hydrogen-bond acceptors (Lipinski definition) is 7. The summed E-state index contributed by atoms with van der Waals surface area (Å²) in [5.74, 6) is -0.615. The van der Waals surface area contributed by atoms with E-state index in [1.54, 1.807) is 53.1 Å². The fourth-order valence-corrected chi connectivity index (χ4v) is 4.23. The number of nitrogens with one attached hydrogen (secondary N) is 1. The Kier molecular flexibility index (Phi) is 6.18.